The lowest BCUT2D eigenvalue weighted by atomic mass is 9.95. The van der Waals surface area contributed by atoms with Crippen molar-refractivity contribution in [2.45, 2.75) is 53.4 Å². The zero-order chi connectivity index (χ0) is 21.3. The van der Waals surface area contributed by atoms with E-state index >= 15 is 0 Å². The molecule has 0 radical (unpaired) electrons. The van der Waals surface area contributed by atoms with E-state index in [4.69, 9.17) is 4.28 Å². The van der Waals surface area contributed by atoms with Crippen molar-refractivity contribution in [3.05, 3.63) is 39.5 Å². The second-order valence-electron chi connectivity index (χ2n) is 6.83. The Hall–Kier alpha value is -2.39. The maximum Gasteiger partial charge on any atom is 0.351 e. The van der Waals surface area contributed by atoms with E-state index in [1.165, 1.54) is 24.6 Å². The molecule has 0 spiro atoms. The van der Waals surface area contributed by atoms with Crippen molar-refractivity contribution in [1.29, 1.82) is 0 Å². The molecule has 0 bridgehead atoms. The summed E-state index contributed by atoms with van der Waals surface area (Å²) >= 11 is -1.84. The Morgan fingerprint density at radius 2 is 1.21 bits per heavy atom. The maximum atomic E-state index is 12.9. The fraction of sp³-hybridized carbons (Fsp3) is 0.474. The van der Waals surface area contributed by atoms with Crippen LogP contribution in [-0.4, -0.2) is 44.4 Å². The van der Waals surface area contributed by atoms with Gasteiger partial charge in [-0.1, -0.05) is 0 Å². The van der Waals surface area contributed by atoms with Crippen LogP contribution in [0.5, 0.6) is 0 Å². The minimum Gasteiger partial charge on any atom is -0.263 e. The minimum atomic E-state index is -1.84. The highest BCUT2D eigenvalue weighted by atomic mass is 32.2. The molecule has 1 heterocycles. The van der Waals surface area contributed by atoms with Crippen molar-refractivity contribution in [2.75, 3.05) is 19.0 Å². The number of aryl methyl sites for hydroxylation is 2. The van der Waals surface area contributed by atoms with Crippen molar-refractivity contribution < 1.29 is 13.3 Å². The predicted molar refractivity (Wildman–Crippen MR) is 108 cm³/mol. The smallest absolute Gasteiger partial charge is 0.263 e. The van der Waals surface area contributed by atoms with Crippen molar-refractivity contribution >= 4 is 23.1 Å². The third-order valence-corrected chi connectivity index (χ3v) is 6.29. The molecule has 0 aliphatic heterocycles. The van der Waals surface area contributed by atoms with E-state index in [0.29, 0.717) is 16.5 Å². The van der Waals surface area contributed by atoms with Crippen LogP contribution in [0.15, 0.2) is 4.90 Å². The van der Waals surface area contributed by atoms with Crippen molar-refractivity contribution in [2.24, 2.45) is 0 Å². The first kappa shape index (κ1) is 21.9. The first-order valence-corrected chi connectivity index (χ1v) is 9.91. The fourth-order valence-electron chi connectivity index (χ4n) is 2.93. The lowest BCUT2D eigenvalue weighted by Gasteiger charge is -2.23. The summed E-state index contributed by atoms with van der Waals surface area (Å²) in [7, 11) is 2.94. The van der Waals surface area contributed by atoms with E-state index in [2.05, 4.69) is 15.0 Å². The summed E-state index contributed by atoms with van der Waals surface area (Å²) in [6.07, 6.45) is 0. The third kappa shape index (κ3) is 4.20. The van der Waals surface area contributed by atoms with Crippen LogP contribution in [0.3, 0.4) is 0 Å². The molecule has 0 saturated carbocycles. The van der Waals surface area contributed by atoms with Gasteiger partial charge in [0.25, 0.3) is 0 Å². The molecule has 0 aliphatic carbocycles. The zero-order valence-electron chi connectivity index (χ0n) is 17.9. The maximum absolute atomic E-state index is 12.9. The molecule has 0 aliphatic rings. The number of rotatable bonds is 4. The molecule has 1 unspecified atom stereocenters. The van der Waals surface area contributed by atoms with Crippen molar-refractivity contribution in [3.63, 3.8) is 0 Å². The number of hydrogen-bond donors (Lipinski definition) is 0. The normalized spacial score (nSPS) is 12.0. The van der Waals surface area contributed by atoms with Crippen LogP contribution in [0.25, 0.3) is 0 Å². The van der Waals surface area contributed by atoms with Crippen LogP contribution >= 0.6 is 0 Å². The molecule has 1 aromatic carbocycles. The van der Waals surface area contributed by atoms with E-state index in [-0.39, 0.29) is 5.95 Å². The van der Waals surface area contributed by atoms with Crippen LogP contribution in [0.2, 0.25) is 0 Å². The topological polar surface area (TPSA) is 88.5 Å². The minimum absolute atomic E-state index is 0.200. The van der Waals surface area contributed by atoms with Crippen LogP contribution in [0, 0.1) is 48.5 Å². The Morgan fingerprint density at radius 3 is 1.68 bits per heavy atom. The summed E-state index contributed by atoms with van der Waals surface area (Å²) in [6, 6.07) is -0.547. The number of hydrogen-bond acceptors (Lipinski definition) is 6. The van der Waals surface area contributed by atoms with Crippen molar-refractivity contribution in [1.82, 2.24) is 20.0 Å². The molecule has 0 N–H and O–H groups in total. The van der Waals surface area contributed by atoms with E-state index < -0.39 is 17.1 Å². The Bertz CT molecular complexity index is 912. The van der Waals surface area contributed by atoms with Crippen LogP contribution < -0.4 is 4.90 Å². The first-order chi connectivity index (χ1) is 13.0. The molecule has 0 saturated heterocycles. The highest BCUT2D eigenvalue weighted by Gasteiger charge is 2.24. The molecular weight excluding hydrogens is 378 g/mol. The highest BCUT2D eigenvalue weighted by molar-refractivity contribution is 7.80. The zero-order valence-corrected chi connectivity index (χ0v) is 18.7. The number of urea groups is 1. The van der Waals surface area contributed by atoms with Crippen molar-refractivity contribution in [3.8, 4) is 0 Å². The number of nitrogens with zero attached hydrogens (tertiary/aromatic N) is 5. The Labute approximate surface area is 168 Å². The number of hydroxylamine groups is 2. The summed E-state index contributed by atoms with van der Waals surface area (Å²) in [6.45, 7) is 13.3. The Kier molecular flexibility index (Phi) is 6.51. The monoisotopic (exact) mass is 405 g/mol. The molecule has 2 amide bonds. The number of anilines is 1. The quantitative estimate of drug-likeness (QED) is 0.726. The van der Waals surface area contributed by atoms with Crippen LogP contribution in [0.1, 0.15) is 39.5 Å². The summed E-state index contributed by atoms with van der Waals surface area (Å²) in [5.74, 6) is 1.21. The van der Waals surface area contributed by atoms with Gasteiger partial charge in [-0.15, -0.1) is 0 Å². The van der Waals surface area contributed by atoms with E-state index in [1.54, 1.807) is 13.8 Å². The van der Waals surface area contributed by atoms with Gasteiger partial charge in [-0.2, -0.15) is 19.3 Å². The first-order valence-electron chi connectivity index (χ1n) is 8.83. The fourth-order valence-corrected chi connectivity index (χ4v) is 4.08. The summed E-state index contributed by atoms with van der Waals surface area (Å²) < 4.78 is 18.4. The van der Waals surface area contributed by atoms with Gasteiger partial charge in [0, 0.05) is 14.1 Å². The molecule has 0 fully saturated rings. The second kappa shape index (κ2) is 8.32. The molecular formula is C19H27N5O3S. The van der Waals surface area contributed by atoms with Gasteiger partial charge in [0.1, 0.15) is 11.6 Å². The molecule has 152 valence electrons. The Balaban J connectivity index is 2.26. The molecule has 2 rings (SSSR count). The number of benzene rings is 1. The lowest BCUT2D eigenvalue weighted by molar-refractivity contribution is 0.0311. The van der Waals surface area contributed by atoms with E-state index in [1.807, 2.05) is 34.6 Å². The third-order valence-electron chi connectivity index (χ3n) is 4.98. The number of carbonyl (C=O) groups excluding carboxylic acids is 1. The summed E-state index contributed by atoms with van der Waals surface area (Å²) in [4.78, 5) is 26.9. The average molecular weight is 406 g/mol. The molecule has 1 aromatic heterocycles. The predicted octanol–water partition coefficient (Wildman–Crippen LogP) is 3.17. The molecule has 28 heavy (non-hydrogen) atoms. The molecule has 1 atom stereocenters. The standard InChI is InChI=1S/C19H27N5O3S/c1-10-11(2)13(4)17(14(5)12(10)3)28(26)27-24(9)19(25)23(8)18-21-15(6)20-16(7)22-18/h1-9H3. The largest absolute Gasteiger partial charge is 0.351 e. The van der Waals surface area contributed by atoms with Gasteiger partial charge in [0.2, 0.25) is 17.0 Å². The SMILES string of the molecule is Cc1nc(C)nc(N(C)C(=O)N(C)OS(=O)c2c(C)c(C)c(C)c(C)c2C)n1. The molecule has 8 nitrogen and oxygen atoms in total. The van der Waals surface area contributed by atoms with Crippen LogP contribution in [-0.2, 0) is 15.4 Å². The Morgan fingerprint density at radius 1 is 0.786 bits per heavy atom. The summed E-state index contributed by atoms with van der Waals surface area (Å²) in [5, 5.41) is 0.938. The van der Waals surface area contributed by atoms with Gasteiger partial charge in [-0.05, 0) is 76.3 Å². The molecule has 2 aromatic rings. The van der Waals surface area contributed by atoms with Gasteiger partial charge in [0.05, 0.1) is 4.90 Å². The molecule has 9 heteroatoms. The number of amides is 2. The van der Waals surface area contributed by atoms with Gasteiger partial charge >= 0.3 is 6.03 Å². The highest BCUT2D eigenvalue weighted by Crippen LogP contribution is 2.29. The average Bonchev–Trinajstić information content (AvgIpc) is 2.62. The van der Waals surface area contributed by atoms with Gasteiger partial charge in [-0.3, -0.25) is 4.90 Å². The van der Waals surface area contributed by atoms with Gasteiger partial charge < -0.3 is 0 Å². The summed E-state index contributed by atoms with van der Waals surface area (Å²) in [5.41, 5.74) is 5.10. The van der Waals surface area contributed by atoms with Crippen LogP contribution in [0.4, 0.5) is 10.7 Å². The van der Waals surface area contributed by atoms with Gasteiger partial charge in [-0.25, -0.2) is 14.0 Å². The number of aromatic nitrogens is 3. The second-order valence-corrected chi connectivity index (χ2v) is 7.86. The number of carbonyl (C=O) groups is 1. The lowest BCUT2D eigenvalue weighted by Crippen LogP contribution is -2.40. The van der Waals surface area contributed by atoms with Gasteiger partial charge in [0.15, 0.2) is 0 Å². The van der Waals surface area contributed by atoms with E-state index in [0.717, 1.165) is 27.3 Å². The van der Waals surface area contributed by atoms with E-state index in [9.17, 15) is 9.00 Å².